The first kappa shape index (κ1) is 20.4. The largest absolute Gasteiger partial charge is 0.416 e. The van der Waals surface area contributed by atoms with Crippen LogP contribution in [-0.2, 0) is 15.8 Å². The maximum atomic E-state index is 12.7. The third kappa shape index (κ3) is 4.23. The molecule has 0 spiro atoms. The fourth-order valence-electron chi connectivity index (χ4n) is 3.00. The van der Waals surface area contributed by atoms with Crippen molar-refractivity contribution in [1.29, 1.82) is 0 Å². The fraction of sp³-hybridized carbons (Fsp3) is 0.250. The maximum absolute atomic E-state index is 12.7. The highest BCUT2D eigenvalue weighted by atomic mass is 19.4. The van der Waals surface area contributed by atoms with Gasteiger partial charge < -0.3 is 5.32 Å². The van der Waals surface area contributed by atoms with Gasteiger partial charge in [0.05, 0.1) is 5.56 Å². The van der Waals surface area contributed by atoms with Gasteiger partial charge in [-0.15, -0.1) is 0 Å². The molecule has 1 saturated heterocycles. The number of nitrogens with zero attached hydrogens (tertiary/aromatic N) is 2. The molecular formula is C20H18F3N3O3. The van der Waals surface area contributed by atoms with Crippen LogP contribution in [0, 0.1) is 6.92 Å². The predicted molar refractivity (Wildman–Crippen MR) is 100 cm³/mol. The summed E-state index contributed by atoms with van der Waals surface area (Å²) in [5, 5.41) is 2.39. The van der Waals surface area contributed by atoms with Crippen molar-refractivity contribution in [3.05, 3.63) is 59.7 Å². The average Bonchev–Trinajstić information content (AvgIpc) is 2.86. The van der Waals surface area contributed by atoms with Crippen LogP contribution in [0.25, 0.3) is 0 Å². The predicted octanol–water partition coefficient (Wildman–Crippen LogP) is 3.81. The van der Waals surface area contributed by atoms with Gasteiger partial charge >= 0.3 is 12.2 Å². The van der Waals surface area contributed by atoms with Crippen LogP contribution in [0.15, 0.2) is 48.5 Å². The van der Waals surface area contributed by atoms with E-state index in [-0.39, 0.29) is 5.69 Å². The van der Waals surface area contributed by atoms with E-state index in [0.29, 0.717) is 5.69 Å². The molecule has 4 amide bonds. The first-order valence-electron chi connectivity index (χ1n) is 8.76. The molecule has 6 nitrogen and oxygen atoms in total. The lowest BCUT2D eigenvalue weighted by molar-refractivity contribution is -0.137. The number of imide groups is 1. The number of benzene rings is 2. The average molecular weight is 405 g/mol. The number of carbonyl (C=O) groups excluding carboxylic acids is 3. The number of carbonyl (C=O) groups is 3. The smallest absolute Gasteiger partial charge is 0.325 e. The summed E-state index contributed by atoms with van der Waals surface area (Å²) >= 11 is 0. The van der Waals surface area contributed by atoms with E-state index in [1.807, 2.05) is 6.92 Å². The molecule has 0 unspecified atom stereocenters. The summed E-state index contributed by atoms with van der Waals surface area (Å²) < 4.78 is 37.8. The molecule has 0 bridgehead atoms. The molecule has 1 atom stereocenters. The van der Waals surface area contributed by atoms with Gasteiger partial charge in [-0.25, -0.2) is 4.79 Å². The SMILES string of the molecule is Cc1ccc(N2C(=O)N(CC(=O)Nc3ccc(C(F)(F)F)cc3)C(=O)[C@@H]2C)cc1. The van der Waals surface area contributed by atoms with Crippen LogP contribution in [0.2, 0.25) is 0 Å². The highest BCUT2D eigenvalue weighted by molar-refractivity contribution is 6.16. The van der Waals surface area contributed by atoms with Gasteiger partial charge in [-0.05, 0) is 50.2 Å². The molecule has 0 saturated carbocycles. The zero-order valence-corrected chi connectivity index (χ0v) is 15.7. The molecule has 3 rings (SSSR count). The van der Waals surface area contributed by atoms with Crippen LogP contribution < -0.4 is 10.2 Å². The lowest BCUT2D eigenvalue weighted by atomic mass is 10.2. The van der Waals surface area contributed by atoms with E-state index in [1.165, 1.54) is 4.90 Å². The number of aryl methyl sites for hydroxylation is 1. The topological polar surface area (TPSA) is 69.7 Å². The lowest BCUT2D eigenvalue weighted by Crippen LogP contribution is -2.39. The van der Waals surface area contributed by atoms with E-state index in [9.17, 15) is 27.6 Å². The van der Waals surface area contributed by atoms with Crippen molar-refractivity contribution in [1.82, 2.24) is 4.90 Å². The van der Waals surface area contributed by atoms with Gasteiger partial charge in [0.25, 0.3) is 5.91 Å². The Morgan fingerprint density at radius 2 is 1.62 bits per heavy atom. The molecule has 0 radical (unpaired) electrons. The third-order valence-corrected chi connectivity index (χ3v) is 4.56. The Bertz CT molecular complexity index is 940. The summed E-state index contributed by atoms with van der Waals surface area (Å²) in [6, 6.07) is 9.51. The molecule has 1 aliphatic heterocycles. The number of hydrogen-bond acceptors (Lipinski definition) is 3. The molecule has 1 fully saturated rings. The molecule has 2 aromatic rings. The molecule has 29 heavy (non-hydrogen) atoms. The molecule has 0 aromatic heterocycles. The Kier molecular flexibility index (Phi) is 5.32. The number of anilines is 2. The summed E-state index contributed by atoms with van der Waals surface area (Å²) in [6.07, 6.45) is -4.48. The van der Waals surface area contributed by atoms with Crippen molar-refractivity contribution in [2.24, 2.45) is 0 Å². The van der Waals surface area contributed by atoms with Gasteiger partial charge in [0.1, 0.15) is 12.6 Å². The Balaban J connectivity index is 1.69. The second-order valence-electron chi connectivity index (χ2n) is 6.71. The van der Waals surface area contributed by atoms with E-state index in [0.717, 1.165) is 34.7 Å². The van der Waals surface area contributed by atoms with Crippen molar-refractivity contribution in [2.45, 2.75) is 26.1 Å². The van der Waals surface area contributed by atoms with Crippen LogP contribution in [-0.4, -0.2) is 35.3 Å². The Hall–Kier alpha value is -3.36. The highest BCUT2D eigenvalue weighted by Gasteiger charge is 2.44. The number of hydrogen-bond donors (Lipinski definition) is 1. The zero-order valence-electron chi connectivity index (χ0n) is 15.7. The summed E-state index contributed by atoms with van der Waals surface area (Å²) in [5.74, 6) is -1.22. The van der Waals surface area contributed by atoms with Gasteiger partial charge in [-0.1, -0.05) is 17.7 Å². The van der Waals surface area contributed by atoms with Gasteiger partial charge in [0, 0.05) is 11.4 Å². The molecule has 1 heterocycles. The van der Waals surface area contributed by atoms with Crippen molar-refractivity contribution in [3.8, 4) is 0 Å². The molecule has 152 valence electrons. The van der Waals surface area contributed by atoms with Crippen molar-refractivity contribution >= 4 is 29.2 Å². The zero-order chi connectivity index (χ0) is 21.3. The second kappa shape index (κ2) is 7.57. The lowest BCUT2D eigenvalue weighted by Gasteiger charge is -2.19. The van der Waals surface area contributed by atoms with Crippen LogP contribution in [0.3, 0.4) is 0 Å². The number of halogens is 3. The molecule has 1 aliphatic rings. The molecule has 9 heteroatoms. The standard InChI is InChI=1S/C20H18F3N3O3/c1-12-3-9-16(10-4-12)26-13(2)18(28)25(19(26)29)11-17(27)24-15-7-5-14(6-8-15)20(21,22)23/h3-10,13H,11H2,1-2H3,(H,24,27)/t13-/m0/s1. The summed E-state index contributed by atoms with van der Waals surface area (Å²) in [7, 11) is 0. The molecule has 2 aromatic carbocycles. The quantitative estimate of drug-likeness (QED) is 0.787. The van der Waals surface area contributed by atoms with Crippen LogP contribution in [0.4, 0.5) is 29.3 Å². The first-order chi connectivity index (χ1) is 13.6. The third-order valence-electron chi connectivity index (χ3n) is 4.56. The van der Waals surface area contributed by atoms with Gasteiger partial charge in [-0.2, -0.15) is 13.2 Å². The van der Waals surface area contributed by atoms with Gasteiger partial charge in [0.15, 0.2) is 0 Å². The van der Waals surface area contributed by atoms with Gasteiger partial charge in [0.2, 0.25) is 5.91 Å². The number of urea groups is 1. The van der Waals surface area contributed by atoms with E-state index in [2.05, 4.69) is 5.32 Å². The van der Waals surface area contributed by atoms with Crippen molar-refractivity contribution in [3.63, 3.8) is 0 Å². The number of amides is 4. The highest BCUT2D eigenvalue weighted by Crippen LogP contribution is 2.30. The normalized spacial score (nSPS) is 17.1. The van der Waals surface area contributed by atoms with E-state index >= 15 is 0 Å². The van der Waals surface area contributed by atoms with Crippen LogP contribution >= 0.6 is 0 Å². The minimum absolute atomic E-state index is 0.130. The summed E-state index contributed by atoms with van der Waals surface area (Å²) in [5.41, 5.74) is 0.813. The minimum Gasteiger partial charge on any atom is -0.325 e. The van der Waals surface area contributed by atoms with Gasteiger partial charge in [-0.3, -0.25) is 19.4 Å². The Morgan fingerprint density at radius 1 is 1.03 bits per heavy atom. The minimum atomic E-state index is -4.48. The van der Waals surface area contributed by atoms with Crippen molar-refractivity contribution < 1.29 is 27.6 Å². The van der Waals surface area contributed by atoms with Crippen molar-refractivity contribution in [2.75, 3.05) is 16.8 Å². The number of nitrogens with one attached hydrogen (secondary N) is 1. The molecular weight excluding hydrogens is 387 g/mol. The summed E-state index contributed by atoms with van der Waals surface area (Å²) in [4.78, 5) is 39.5. The van der Waals surface area contributed by atoms with E-state index < -0.39 is 42.2 Å². The Labute approximate surface area is 164 Å². The molecule has 1 N–H and O–H groups in total. The fourth-order valence-corrected chi connectivity index (χ4v) is 3.00. The number of rotatable bonds is 4. The second-order valence-corrected chi connectivity index (χ2v) is 6.71. The maximum Gasteiger partial charge on any atom is 0.416 e. The number of alkyl halides is 3. The van der Waals surface area contributed by atoms with Crippen LogP contribution in [0.1, 0.15) is 18.1 Å². The molecule has 0 aliphatic carbocycles. The Morgan fingerprint density at radius 3 is 2.17 bits per heavy atom. The monoisotopic (exact) mass is 405 g/mol. The van der Waals surface area contributed by atoms with E-state index in [1.54, 1.807) is 31.2 Å². The first-order valence-corrected chi connectivity index (χ1v) is 8.76. The van der Waals surface area contributed by atoms with Crippen LogP contribution in [0.5, 0.6) is 0 Å². The summed E-state index contributed by atoms with van der Waals surface area (Å²) in [6.45, 7) is 2.92. The van der Waals surface area contributed by atoms with E-state index in [4.69, 9.17) is 0 Å².